The van der Waals surface area contributed by atoms with E-state index in [1.165, 1.54) is 5.56 Å². The van der Waals surface area contributed by atoms with E-state index in [9.17, 15) is 0 Å². The van der Waals surface area contributed by atoms with Crippen LogP contribution in [-0.2, 0) is 6.42 Å². The van der Waals surface area contributed by atoms with Gasteiger partial charge in [0.2, 0.25) is 0 Å². The molecule has 0 aliphatic carbocycles. The van der Waals surface area contributed by atoms with Crippen molar-refractivity contribution in [2.24, 2.45) is 0 Å². The third kappa shape index (κ3) is 3.81. The molecule has 2 nitrogen and oxygen atoms in total. The van der Waals surface area contributed by atoms with Gasteiger partial charge < -0.3 is 5.32 Å². The number of benzene rings is 1. The minimum absolute atomic E-state index is 0.195. The summed E-state index contributed by atoms with van der Waals surface area (Å²) in [7, 11) is 0. The predicted octanol–water partition coefficient (Wildman–Crippen LogP) is 4.25. The molecule has 1 aromatic carbocycles. The van der Waals surface area contributed by atoms with E-state index >= 15 is 0 Å². The smallest absolute Gasteiger partial charge is 0.0579 e. The molecule has 2 aromatic rings. The molecule has 0 fully saturated rings. The Bertz CT molecular complexity index is 581. The molecule has 0 spiro atoms. The fourth-order valence-electron chi connectivity index (χ4n) is 2.32. The number of hydrogen-bond donors (Lipinski definition) is 1. The second-order valence-electron chi connectivity index (χ2n) is 5.11. The fraction of sp³-hybridized carbons (Fsp3) is 0.353. The molecule has 3 heteroatoms. The zero-order valence-electron chi connectivity index (χ0n) is 12.3. The van der Waals surface area contributed by atoms with Crippen LogP contribution < -0.4 is 5.32 Å². The molecule has 0 bridgehead atoms. The monoisotopic (exact) mass is 288 g/mol. The van der Waals surface area contributed by atoms with Gasteiger partial charge in [-0.15, -0.1) is 0 Å². The Kier molecular flexibility index (Phi) is 5.16. The Morgan fingerprint density at radius 2 is 2.00 bits per heavy atom. The van der Waals surface area contributed by atoms with Gasteiger partial charge in [-0.25, -0.2) is 0 Å². The van der Waals surface area contributed by atoms with Crippen molar-refractivity contribution in [3.63, 3.8) is 0 Å². The minimum Gasteiger partial charge on any atom is -0.309 e. The highest BCUT2D eigenvalue weighted by Crippen LogP contribution is 2.24. The molecule has 0 amide bonds. The summed E-state index contributed by atoms with van der Waals surface area (Å²) in [6.45, 7) is 7.09. The van der Waals surface area contributed by atoms with Crippen LogP contribution in [0.5, 0.6) is 0 Å². The number of likely N-dealkylation sites (N-methyl/N-ethyl adjacent to an activating group) is 1. The molecule has 106 valence electrons. The molecular weight excluding hydrogens is 268 g/mol. The lowest BCUT2D eigenvalue weighted by Crippen LogP contribution is -2.24. The summed E-state index contributed by atoms with van der Waals surface area (Å²) >= 11 is 6.34. The maximum absolute atomic E-state index is 6.34. The molecule has 0 radical (unpaired) electrons. The van der Waals surface area contributed by atoms with Crippen molar-refractivity contribution >= 4 is 11.6 Å². The highest BCUT2D eigenvalue weighted by Gasteiger charge is 2.14. The fourth-order valence-corrected chi connectivity index (χ4v) is 2.64. The van der Waals surface area contributed by atoms with Crippen molar-refractivity contribution in [3.05, 3.63) is 63.9 Å². The number of aryl methyl sites for hydroxylation is 2. The van der Waals surface area contributed by atoms with Gasteiger partial charge in [0.1, 0.15) is 0 Å². The summed E-state index contributed by atoms with van der Waals surface area (Å²) < 4.78 is 0. The summed E-state index contributed by atoms with van der Waals surface area (Å²) in [6, 6.07) is 12.6. The second-order valence-corrected chi connectivity index (χ2v) is 5.52. The number of nitrogens with zero attached hydrogens (tertiary/aromatic N) is 1. The van der Waals surface area contributed by atoms with Crippen LogP contribution in [0.3, 0.4) is 0 Å². The van der Waals surface area contributed by atoms with Gasteiger partial charge in [0.05, 0.1) is 11.7 Å². The Labute approximate surface area is 126 Å². The quantitative estimate of drug-likeness (QED) is 0.890. The standard InChI is InChI=1S/C17H21ClN2/c1-4-19-17(16-7-5-6-13(3)20-16)11-14-9-8-12(2)10-15(14)18/h5-10,17,19H,4,11H2,1-3H3. The van der Waals surface area contributed by atoms with Crippen molar-refractivity contribution in [3.8, 4) is 0 Å². The Morgan fingerprint density at radius 3 is 2.65 bits per heavy atom. The van der Waals surface area contributed by atoms with Crippen LogP contribution >= 0.6 is 11.6 Å². The molecule has 0 aliphatic rings. The Hall–Kier alpha value is -1.38. The van der Waals surface area contributed by atoms with Gasteiger partial charge in [-0.2, -0.15) is 0 Å². The first-order valence-electron chi connectivity index (χ1n) is 7.02. The SMILES string of the molecule is CCNC(Cc1ccc(C)cc1Cl)c1cccc(C)n1. The van der Waals surface area contributed by atoms with Gasteiger partial charge >= 0.3 is 0 Å². The van der Waals surface area contributed by atoms with E-state index in [0.29, 0.717) is 0 Å². The van der Waals surface area contributed by atoms with E-state index in [0.717, 1.165) is 34.9 Å². The van der Waals surface area contributed by atoms with E-state index in [1.807, 2.05) is 19.1 Å². The first-order chi connectivity index (χ1) is 9.60. The van der Waals surface area contributed by atoms with E-state index in [4.69, 9.17) is 11.6 Å². The van der Waals surface area contributed by atoms with Crippen molar-refractivity contribution < 1.29 is 0 Å². The van der Waals surface area contributed by atoms with Gasteiger partial charge in [-0.3, -0.25) is 4.98 Å². The third-order valence-electron chi connectivity index (χ3n) is 3.35. The van der Waals surface area contributed by atoms with Crippen LogP contribution in [-0.4, -0.2) is 11.5 Å². The number of halogens is 1. The van der Waals surface area contributed by atoms with Crippen LogP contribution in [0.2, 0.25) is 5.02 Å². The van der Waals surface area contributed by atoms with Gasteiger partial charge in [-0.1, -0.05) is 36.7 Å². The lowest BCUT2D eigenvalue weighted by Gasteiger charge is -2.19. The lowest BCUT2D eigenvalue weighted by molar-refractivity contribution is 0.535. The first kappa shape index (κ1) is 15.0. The topological polar surface area (TPSA) is 24.9 Å². The highest BCUT2D eigenvalue weighted by atomic mass is 35.5. The molecule has 2 rings (SSSR count). The average Bonchev–Trinajstić information content (AvgIpc) is 2.41. The maximum Gasteiger partial charge on any atom is 0.0579 e. The van der Waals surface area contributed by atoms with Crippen molar-refractivity contribution in [2.75, 3.05) is 6.54 Å². The molecule has 1 atom stereocenters. The van der Waals surface area contributed by atoms with Crippen LogP contribution in [0, 0.1) is 13.8 Å². The minimum atomic E-state index is 0.195. The van der Waals surface area contributed by atoms with Gasteiger partial charge in [-0.05, 0) is 56.1 Å². The zero-order valence-corrected chi connectivity index (χ0v) is 13.0. The molecule has 1 heterocycles. The Morgan fingerprint density at radius 1 is 1.20 bits per heavy atom. The first-order valence-corrected chi connectivity index (χ1v) is 7.40. The predicted molar refractivity (Wildman–Crippen MR) is 85.3 cm³/mol. The van der Waals surface area contributed by atoms with Crippen LogP contribution in [0.1, 0.15) is 35.5 Å². The highest BCUT2D eigenvalue weighted by molar-refractivity contribution is 6.31. The molecule has 1 N–H and O–H groups in total. The normalized spacial score (nSPS) is 12.4. The molecule has 0 aliphatic heterocycles. The van der Waals surface area contributed by atoms with Crippen molar-refractivity contribution in [1.29, 1.82) is 0 Å². The van der Waals surface area contributed by atoms with E-state index in [1.54, 1.807) is 0 Å². The lowest BCUT2D eigenvalue weighted by atomic mass is 10.0. The molecule has 20 heavy (non-hydrogen) atoms. The third-order valence-corrected chi connectivity index (χ3v) is 3.70. The van der Waals surface area contributed by atoms with Gasteiger partial charge in [0.15, 0.2) is 0 Å². The number of hydrogen-bond acceptors (Lipinski definition) is 2. The van der Waals surface area contributed by atoms with E-state index < -0.39 is 0 Å². The summed E-state index contributed by atoms with van der Waals surface area (Å²) in [5.41, 5.74) is 4.46. The number of aromatic nitrogens is 1. The second kappa shape index (κ2) is 6.87. The van der Waals surface area contributed by atoms with Crippen LogP contribution in [0.25, 0.3) is 0 Å². The van der Waals surface area contributed by atoms with Crippen molar-refractivity contribution in [1.82, 2.24) is 10.3 Å². The van der Waals surface area contributed by atoms with E-state index in [2.05, 4.69) is 48.4 Å². The average molecular weight is 289 g/mol. The molecule has 1 unspecified atom stereocenters. The maximum atomic E-state index is 6.34. The van der Waals surface area contributed by atoms with Crippen LogP contribution in [0.4, 0.5) is 0 Å². The molecular formula is C17H21ClN2. The van der Waals surface area contributed by atoms with Crippen molar-refractivity contribution in [2.45, 2.75) is 33.2 Å². The van der Waals surface area contributed by atoms with E-state index in [-0.39, 0.29) is 6.04 Å². The van der Waals surface area contributed by atoms with Gasteiger partial charge in [0.25, 0.3) is 0 Å². The zero-order chi connectivity index (χ0) is 14.5. The Balaban J connectivity index is 2.25. The number of rotatable bonds is 5. The largest absolute Gasteiger partial charge is 0.309 e. The molecule has 0 saturated carbocycles. The molecule has 0 saturated heterocycles. The number of pyridine rings is 1. The number of nitrogens with one attached hydrogen (secondary N) is 1. The summed E-state index contributed by atoms with van der Waals surface area (Å²) in [6.07, 6.45) is 0.851. The van der Waals surface area contributed by atoms with Gasteiger partial charge in [0, 0.05) is 10.7 Å². The summed E-state index contributed by atoms with van der Waals surface area (Å²) in [5.74, 6) is 0. The summed E-state index contributed by atoms with van der Waals surface area (Å²) in [4.78, 5) is 4.63. The van der Waals surface area contributed by atoms with Crippen LogP contribution in [0.15, 0.2) is 36.4 Å². The molecule has 1 aromatic heterocycles. The summed E-state index contributed by atoms with van der Waals surface area (Å²) in [5, 5.41) is 4.33.